The van der Waals surface area contributed by atoms with Crippen molar-refractivity contribution in [2.24, 2.45) is 35.5 Å². The highest BCUT2D eigenvalue weighted by molar-refractivity contribution is 6.31. The number of halogens is 2. The molecule has 1 aliphatic carbocycles. The van der Waals surface area contributed by atoms with Crippen molar-refractivity contribution < 1.29 is 29.7 Å². The maximum absolute atomic E-state index is 12.5. The van der Waals surface area contributed by atoms with Gasteiger partial charge in [-0.15, -0.1) is 0 Å². The number of nitrogens with one attached hydrogen (secondary N) is 4. The molecule has 4 heterocycles. The molecule has 5 aliphatic rings. The Kier molecular flexibility index (Phi) is 14.2. The summed E-state index contributed by atoms with van der Waals surface area (Å²) < 4.78 is 0. The summed E-state index contributed by atoms with van der Waals surface area (Å²) in [5, 5.41) is 45.6. The standard InChI is InChI=1S/C50H58Cl2N4O6/c51-45-9-4-29(21-41(48(57)58)33-11-15-53-26-33)18-36(45)24-44-38(39-8-7-32-6-3-31(20-40(32)39)23-43(50(61)62)35-13-17-55-28-35)2-1-14-56-47(44)25-37-19-30(5-10-46(37)52)22-42(49(59)60)34-12-16-54-27-34/h1-6,9-10,14,18-20,33-35,39,41-43,53-56H,7-8,11-13,15-17,21-28H2,(H,57,58)(H,59,60)(H,61,62)/t33-,34-,35-,39+,41-,42-,43-/m0/s1. The number of carboxylic acids is 3. The lowest BCUT2D eigenvalue weighted by molar-refractivity contribution is -0.144. The molecular formula is C50H58Cl2N4O6. The van der Waals surface area contributed by atoms with Gasteiger partial charge >= 0.3 is 17.9 Å². The van der Waals surface area contributed by atoms with Crippen LogP contribution in [0.3, 0.4) is 0 Å². The van der Waals surface area contributed by atoms with E-state index in [9.17, 15) is 29.7 Å². The Hall–Kier alpha value is -4.45. The maximum Gasteiger partial charge on any atom is 0.307 e. The van der Waals surface area contributed by atoms with Crippen molar-refractivity contribution in [3.05, 3.63) is 139 Å². The van der Waals surface area contributed by atoms with Crippen LogP contribution in [-0.2, 0) is 52.9 Å². The van der Waals surface area contributed by atoms with Crippen LogP contribution >= 0.6 is 23.2 Å². The minimum absolute atomic E-state index is 0.0299. The van der Waals surface area contributed by atoms with Gasteiger partial charge in [-0.25, -0.2) is 0 Å². The Balaban J connectivity index is 1.16. The highest BCUT2D eigenvalue weighted by Gasteiger charge is 2.35. The van der Waals surface area contributed by atoms with E-state index in [1.165, 1.54) is 11.1 Å². The number of aryl methyl sites for hydroxylation is 1. The van der Waals surface area contributed by atoms with E-state index >= 15 is 0 Å². The van der Waals surface area contributed by atoms with E-state index in [0.29, 0.717) is 55.2 Å². The van der Waals surface area contributed by atoms with Crippen LogP contribution in [0.1, 0.15) is 70.5 Å². The molecule has 0 saturated carbocycles. The fourth-order valence-corrected chi connectivity index (χ4v) is 11.2. The summed E-state index contributed by atoms with van der Waals surface area (Å²) in [5.74, 6) is -3.56. The SMILES string of the molecule is O=C(O)[C@@H](Cc1ccc(Cl)c(CC2=C(Cc3cc(C[C@H](C(=O)O)[C@H]4CCNC4)ccc3Cl)C([C@H]3CCc4ccc(C[C@H](C(=O)O)[C@H]5CCNC5)cc43)=CC=CN2)c1)[C@H]1CCNC1. The number of benzene rings is 3. The molecule has 10 nitrogen and oxygen atoms in total. The van der Waals surface area contributed by atoms with Crippen LogP contribution in [0.25, 0.3) is 0 Å². The average molecular weight is 882 g/mol. The van der Waals surface area contributed by atoms with Crippen LogP contribution < -0.4 is 21.3 Å². The molecule has 7 atom stereocenters. The Morgan fingerprint density at radius 3 is 1.60 bits per heavy atom. The predicted molar refractivity (Wildman–Crippen MR) is 243 cm³/mol. The summed E-state index contributed by atoms with van der Waals surface area (Å²) in [7, 11) is 0. The lowest BCUT2D eigenvalue weighted by Crippen LogP contribution is -2.27. The molecule has 0 radical (unpaired) electrons. The Labute approximate surface area is 374 Å². The number of hydrogen-bond acceptors (Lipinski definition) is 7. The van der Waals surface area contributed by atoms with Crippen molar-refractivity contribution in [2.45, 2.75) is 70.1 Å². The van der Waals surface area contributed by atoms with Crippen LogP contribution in [0.15, 0.2) is 89.8 Å². The lowest BCUT2D eigenvalue weighted by Gasteiger charge is -2.25. The monoisotopic (exact) mass is 880 g/mol. The Morgan fingerprint density at radius 2 is 1.11 bits per heavy atom. The van der Waals surface area contributed by atoms with Gasteiger partial charge in [-0.05, 0) is 177 Å². The van der Waals surface area contributed by atoms with Gasteiger partial charge in [-0.1, -0.05) is 71.7 Å². The van der Waals surface area contributed by atoms with Crippen LogP contribution in [-0.4, -0.2) is 72.5 Å². The van der Waals surface area contributed by atoms with E-state index in [0.717, 1.165) is 103 Å². The molecule has 4 aliphatic heterocycles. The van der Waals surface area contributed by atoms with Crippen LogP contribution in [0.2, 0.25) is 10.0 Å². The molecule has 3 saturated heterocycles. The molecule has 328 valence electrons. The fraction of sp³-hybridized carbons (Fsp3) is 0.460. The second-order valence-electron chi connectivity index (χ2n) is 18.1. The maximum atomic E-state index is 12.5. The van der Waals surface area contributed by atoms with Crippen LogP contribution in [0, 0.1) is 35.5 Å². The minimum Gasteiger partial charge on any atom is -0.481 e. The first-order valence-corrected chi connectivity index (χ1v) is 23.1. The average Bonchev–Trinajstić information content (AvgIpc) is 4.10. The van der Waals surface area contributed by atoms with Gasteiger partial charge < -0.3 is 36.6 Å². The number of rotatable bonds is 17. The third kappa shape index (κ3) is 10.2. The van der Waals surface area contributed by atoms with Gasteiger partial charge in [-0.3, -0.25) is 14.4 Å². The summed E-state index contributed by atoms with van der Waals surface area (Å²) in [5.41, 5.74) is 10.3. The zero-order chi connectivity index (χ0) is 43.3. The molecule has 7 N–H and O–H groups in total. The quantitative estimate of drug-likeness (QED) is 0.0731. The van der Waals surface area contributed by atoms with Crippen LogP contribution in [0.4, 0.5) is 0 Å². The second-order valence-corrected chi connectivity index (χ2v) is 18.9. The predicted octanol–water partition coefficient (Wildman–Crippen LogP) is 7.36. The number of fused-ring (bicyclic) bond motifs is 1. The molecule has 0 aromatic heterocycles. The normalized spacial score (nSPS) is 23.7. The van der Waals surface area contributed by atoms with Gasteiger partial charge in [0, 0.05) is 40.7 Å². The number of aliphatic carboxylic acids is 3. The molecule has 0 bridgehead atoms. The van der Waals surface area contributed by atoms with Gasteiger partial charge in [0.1, 0.15) is 0 Å². The zero-order valence-electron chi connectivity index (χ0n) is 35.1. The van der Waals surface area contributed by atoms with E-state index in [1.807, 2.05) is 36.5 Å². The number of hydrogen-bond donors (Lipinski definition) is 7. The van der Waals surface area contributed by atoms with Crippen molar-refractivity contribution >= 4 is 41.1 Å². The van der Waals surface area contributed by atoms with Crippen molar-refractivity contribution in [1.82, 2.24) is 21.3 Å². The molecule has 0 unspecified atom stereocenters. The summed E-state index contributed by atoms with van der Waals surface area (Å²) in [6.07, 6.45) is 12.7. The largest absolute Gasteiger partial charge is 0.481 e. The topological polar surface area (TPSA) is 160 Å². The molecule has 3 aromatic rings. The molecule has 3 aromatic carbocycles. The van der Waals surface area contributed by atoms with Crippen LogP contribution in [0.5, 0.6) is 0 Å². The van der Waals surface area contributed by atoms with Crippen molar-refractivity contribution in [3.8, 4) is 0 Å². The van der Waals surface area contributed by atoms with Crippen molar-refractivity contribution in [3.63, 3.8) is 0 Å². The van der Waals surface area contributed by atoms with Crippen molar-refractivity contribution in [1.29, 1.82) is 0 Å². The van der Waals surface area contributed by atoms with Gasteiger partial charge in [0.15, 0.2) is 0 Å². The van der Waals surface area contributed by atoms with Gasteiger partial charge in [0.2, 0.25) is 0 Å². The number of allylic oxidation sites excluding steroid dienone is 5. The smallest absolute Gasteiger partial charge is 0.307 e. The molecular weight excluding hydrogens is 823 g/mol. The van der Waals surface area contributed by atoms with Gasteiger partial charge in [-0.2, -0.15) is 0 Å². The summed E-state index contributed by atoms with van der Waals surface area (Å²) in [6.45, 7) is 4.60. The molecule has 0 amide bonds. The van der Waals surface area contributed by atoms with Gasteiger partial charge in [0.25, 0.3) is 0 Å². The fourth-order valence-electron chi connectivity index (χ4n) is 10.8. The third-order valence-electron chi connectivity index (χ3n) is 14.3. The minimum atomic E-state index is -0.785. The first kappa shape index (κ1) is 44.2. The van der Waals surface area contributed by atoms with Crippen molar-refractivity contribution in [2.75, 3.05) is 39.3 Å². The summed E-state index contributed by atoms with van der Waals surface area (Å²) in [6, 6.07) is 18.3. The highest BCUT2D eigenvalue weighted by atomic mass is 35.5. The Bertz CT molecular complexity index is 2250. The number of carbonyl (C=O) groups is 3. The van der Waals surface area contributed by atoms with E-state index in [1.54, 1.807) is 0 Å². The third-order valence-corrected chi connectivity index (χ3v) is 15.0. The summed E-state index contributed by atoms with van der Waals surface area (Å²) >= 11 is 14.1. The van der Waals surface area contributed by atoms with E-state index in [4.69, 9.17) is 23.2 Å². The van der Waals surface area contributed by atoms with E-state index in [2.05, 4.69) is 57.7 Å². The lowest BCUT2D eigenvalue weighted by atomic mass is 9.81. The highest BCUT2D eigenvalue weighted by Crippen LogP contribution is 2.45. The van der Waals surface area contributed by atoms with E-state index < -0.39 is 35.7 Å². The molecule has 0 spiro atoms. The molecule has 12 heteroatoms. The van der Waals surface area contributed by atoms with E-state index in [-0.39, 0.29) is 23.7 Å². The second kappa shape index (κ2) is 19.9. The first-order valence-electron chi connectivity index (χ1n) is 22.3. The zero-order valence-corrected chi connectivity index (χ0v) is 36.6. The molecule has 62 heavy (non-hydrogen) atoms. The molecule has 8 rings (SSSR count). The molecule has 3 fully saturated rings. The Morgan fingerprint density at radius 1 is 0.629 bits per heavy atom. The van der Waals surface area contributed by atoms with Gasteiger partial charge in [0.05, 0.1) is 17.8 Å². The first-order chi connectivity index (χ1) is 30.0. The summed E-state index contributed by atoms with van der Waals surface area (Å²) in [4.78, 5) is 37.6. The number of carboxylic acid groups (broad SMARTS) is 3.